The fourth-order valence-corrected chi connectivity index (χ4v) is 5.04. The molecule has 5 rings (SSSR count). The Kier molecular flexibility index (Phi) is 7.11. The van der Waals surface area contributed by atoms with Crippen LogP contribution in [0.25, 0.3) is 11.2 Å². The molecule has 0 radical (unpaired) electrons. The zero-order valence-electron chi connectivity index (χ0n) is 20.3. The zero-order valence-corrected chi connectivity index (χ0v) is 20.3. The number of benzene rings is 2. The first kappa shape index (κ1) is 23.8. The van der Waals surface area contributed by atoms with Gasteiger partial charge in [0, 0.05) is 13.1 Å². The number of amides is 1. The molecular weight excluding hydrogens is 454 g/mol. The standard InChI is InChI=1S/C28H31N5O3/c34-24(29-16-21-10-4-1-5-11-21)19-33-27(35)25-26(30-20-31(25)17-22-12-6-2-7-13-22)32(28(33)36)18-23-14-8-3-9-15-23/h2-3,6-9,12-15,20-21H,1,4-5,10-11,16-19H2,(H,29,34). The quantitative estimate of drug-likeness (QED) is 0.415. The molecule has 1 N–H and O–H groups in total. The van der Waals surface area contributed by atoms with Gasteiger partial charge in [0.1, 0.15) is 6.54 Å². The van der Waals surface area contributed by atoms with Gasteiger partial charge in [0.25, 0.3) is 5.56 Å². The van der Waals surface area contributed by atoms with Crippen molar-refractivity contribution in [3.8, 4) is 0 Å². The smallest absolute Gasteiger partial charge is 0.333 e. The molecule has 0 atom stereocenters. The van der Waals surface area contributed by atoms with Gasteiger partial charge in [-0.05, 0) is 29.9 Å². The second kappa shape index (κ2) is 10.8. The van der Waals surface area contributed by atoms with Crippen LogP contribution in [-0.4, -0.2) is 31.1 Å². The number of carbonyl (C=O) groups excluding carboxylic acids is 1. The Morgan fingerprint density at radius 1 is 0.861 bits per heavy atom. The minimum absolute atomic E-state index is 0.252. The molecule has 2 heterocycles. The summed E-state index contributed by atoms with van der Waals surface area (Å²) >= 11 is 0. The van der Waals surface area contributed by atoms with Crippen LogP contribution in [0, 0.1) is 5.92 Å². The van der Waals surface area contributed by atoms with E-state index < -0.39 is 11.2 Å². The van der Waals surface area contributed by atoms with Gasteiger partial charge in [-0.1, -0.05) is 79.9 Å². The summed E-state index contributed by atoms with van der Waals surface area (Å²) in [5.41, 5.74) is 1.52. The first-order valence-electron chi connectivity index (χ1n) is 12.6. The van der Waals surface area contributed by atoms with Gasteiger partial charge in [-0.15, -0.1) is 0 Å². The summed E-state index contributed by atoms with van der Waals surface area (Å²) in [6.07, 6.45) is 7.42. The monoisotopic (exact) mass is 485 g/mol. The van der Waals surface area contributed by atoms with E-state index in [9.17, 15) is 14.4 Å². The maximum absolute atomic E-state index is 13.6. The molecule has 0 unspecified atom stereocenters. The van der Waals surface area contributed by atoms with Crippen molar-refractivity contribution in [2.75, 3.05) is 6.54 Å². The molecule has 4 aromatic rings. The highest BCUT2D eigenvalue weighted by molar-refractivity contribution is 5.76. The van der Waals surface area contributed by atoms with Crippen molar-refractivity contribution in [3.05, 3.63) is 99.0 Å². The van der Waals surface area contributed by atoms with Crippen LogP contribution >= 0.6 is 0 Å². The lowest BCUT2D eigenvalue weighted by atomic mass is 9.89. The van der Waals surface area contributed by atoms with Crippen molar-refractivity contribution in [2.24, 2.45) is 5.92 Å². The molecule has 0 spiro atoms. The van der Waals surface area contributed by atoms with E-state index >= 15 is 0 Å². The number of aromatic nitrogens is 4. The number of nitrogens with zero attached hydrogens (tertiary/aromatic N) is 4. The average molecular weight is 486 g/mol. The number of hydrogen-bond donors (Lipinski definition) is 1. The second-order valence-corrected chi connectivity index (χ2v) is 9.58. The average Bonchev–Trinajstić information content (AvgIpc) is 3.33. The fourth-order valence-electron chi connectivity index (χ4n) is 5.04. The van der Waals surface area contributed by atoms with Gasteiger partial charge in [0.2, 0.25) is 5.91 Å². The number of carbonyl (C=O) groups is 1. The zero-order chi connectivity index (χ0) is 24.9. The van der Waals surface area contributed by atoms with Crippen LogP contribution < -0.4 is 16.6 Å². The van der Waals surface area contributed by atoms with Gasteiger partial charge in [0.15, 0.2) is 11.2 Å². The van der Waals surface area contributed by atoms with E-state index in [0.29, 0.717) is 30.2 Å². The van der Waals surface area contributed by atoms with Crippen LogP contribution in [0.3, 0.4) is 0 Å². The Morgan fingerprint density at radius 2 is 1.50 bits per heavy atom. The molecule has 8 heteroatoms. The first-order chi connectivity index (χ1) is 17.6. The molecule has 186 valence electrons. The summed E-state index contributed by atoms with van der Waals surface area (Å²) in [6.45, 7) is 0.956. The molecule has 0 aliphatic heterocycles. The summed E-state index contributed by atoms with van der Waals surface area (Å²) < 4.78 is 4.29. The third-order valence-corrected chi connectivity index (χ3v) is 6.98. The molecule has 8 nitrogen and oxygen atoms in total. The van der Waals surface area contributed by atoms with Crippen LogP contribution in [0.2, 0.25) is 0 Å². The molecular formula is C28H31N5O3. The summed E-state index contributed by atoms with van der Waals surface area (Å²) in [5.74, 6) is 0.142. The van der Waals surface area contributed by atoms with E-state index in [1.807, 2.05) is 60.7 Å². The number of fused-ring (bicyclic) bond motifs is 1. The third kappa shape index (κ3) is 5.17. The summed E-state index contributed by atoms with van der Waals surface area (Å²) in [7, 11) is 0. The predicted octanol–water partition coefficient (Wildman–Crippen LogP) is 3.15. The van der Waals surface area contributed by atoms with Crippen LogP contribution in [0.4, 0.5) is 0 Å². The SMILES string of the molecule is O=C(Cn1c(=O)c2c(ncn2Cc2ccccc2)n(Cc2ccccc2)c1=O)NCC1CCCCC1. The number of rotatable bonds is 8. The molecule has 1 fully saturated rings. The van der Waals surface area contributed by atoms with E-state index in [2.05, 4.69) is 10.3 Å². The highest BCUT2D eigenvalue weighted by Gasteiger charge is 2.21. The second-order valence-electron chi connectivity index (χ2n) is 9.58. The van der Waals surface area contributed by atoms with E-state index in [1.165, 1.54) is 23.8 Å². The Bertz CT molecular complexity index is 1450. The van der Waals surface area contributed by atoms with Crippen LogP contribution in [0.5, 0.6) is 0 Å². The maximum Gasteiger partial charge on any atom is 0.333 e. The Hall–Kier alpha value is -3.94. The summed E-state index contributed by atoms with van der Waals surface area (Å²) in [6, 6.07) is 19.3. The summed E-state index contributed by atoms with van der Waals surface area (Å²) in [4.78, 5) is 44.4. The van der Waals surface area contributed by atoms with Crippen LogP contribution in [0.15, 0.2) is 76.6 Å². The van der Waals surface area contributed by atoms with Gasteiger partial charge >= 0.3 is 5.69 Å². The lowest BCUT2D eigenvalue weighted by molar-refractivity contribution is -0.122. The van der Waals surface area contributed by atoms with E-state index in [1.54, 1.807) is 10.9 Å². The number of nitrogens with one attached hydrogen (secondary N) is 1. The molecule has 1 amide bonds. The fraction of sp³-hybridized carbons (Fsp3) is 0.357. The molecule has 1 saturated carbocycles. The normalized spacial score (nSPS) is 14.2. The Balaban J connectivity index is 1.51. The molecule has 0 bridgehead atoms. The van der Waals surface area contributed by atoms with Crippen molar-refractivity contribution in [3.63, 3.8) is 0 Å². The van der Waals surface area contributed by atoms with E-state index in [-0.39, 0.29) is 19.0 Å². The van der Waals surface area contributed by atoms with E-state index in [0.717, 1.165) is 28.5 Å². The van der Waals surface area contributed by atoms with Crippen LogP contribution in [0.1, 0.15) is 43.2 Å². The highest BCUT2D eigenvalue weighted by Crippen LogP contribution is 2.22. The van der Waals surface area contributed by atoms with Gasteiger partial charge < -0.3 is 9.88 Å². The van der Waals surface area contributed by atoms with Gasteiger partial charge in [-0.2, -0.15) is 0 Å². The minimum atomic E-state index is -0.533. The molecule has 1 aliphatic rings. The van der Waals surface area contributed by atoms with Crippen molar-refractivity contribution >= 4 is 17.1 Å². The minimum Gasteiger partial charge on any atom is -0.354 e. The molecule has 2 aromatic carbocycles. The lowest BCUT2D eigenvalue weighted by Crippen LogP contribution is -2.45. The largest absolute Gasteiger partial charge is 0.354 e. The van der Waals surface area contributed by atoms with Gasteiger partial charge in [-0.3, -0.25) is 14.2 Å². The maximum atomic E-state index is 13.6. The van der Waals surface area contributed by atoms with Crippen molar-refractivity contribution < 1.29 is 4.79 Å². The number of imidazole rings is 1. The third-order valence-electron chi connectivity index (χ3n) is 6.98. The first-order valence-corrected chi connectivity index (χ1v) is 12.6. The number of hydrogen-bond acceptors (Lipinski definition) is 4. The van der Waals surface area contributed by atoms with Crippen molar-refractivity contribution in [2.45, 2.75) is 51.7 Å². The van der Waals surface area contributed by atoms with Crippen molar-refractivity contribution in [1.29, 1.82) is 0 Å². The molecule has 1 aliphatic carbocycles. The highest BCUT2D eigenvalue weighted by atomic mass is 16.2. The Labute approximate surface area is 209 Å². The van der Waals surface area contributed by atoms with Crippen molar-refractivity contribution in [1.82, 2.24) is 24.0 Å². The predicted molar refractivity (Wildman–Crippen MR) is 139 cm³/mol. The van der Waals surface area contributed by atoms with Gasteiger partial charge in [0.05, 0.1) is 12.9 Å². The molecule has 0 saturated heterocycles. The topological polar surface area (TPSA) is 90.9 Å². The molecule has 2 aromatic heterocycles. The summed E-state index contributed by atoms with van der Waals surface area (Å²) in [5, 5.41) is 2.95. The van der Waals surface area contributed by atoms with Gasteiger partial charge in [-0.25, -0.2) is 14.3 Å². The molecule has 36 heavy (non-hydrogen) atoms. The lowest BCUT2D eigenvalue weighted by Gasteiger charge is -2.21. The van der Waals surface area contributed by atoms with Crippen LogP contribution in [-0.2, 0) is 24.4 Å². The van der Waals surface area contributed by atoms with E-state index in [4.69, 9.17) is 0 Å². The Morgan fingerprint density at radius 3 is 2.17 bits per heavy atom.